The van der Waals surface area contributed by atoms with E-state index in [1.54, 1.807) is 45.9 Å². The van der Waals surface area contributed by atoms with E-state index in [0.717, 1.165) is 24.2 Å². The van der Waals surface area contributed by atoms with Gasteiger partial charge >= 0.3 is 6.03 Å². The summed E-state index contributed by atoms with van der Waals surface area (Å²) in [5.74, 6) is 0.781. The van der Waals surface area contributed by atoms with Gasteiger partial charge in [0.25, 0.3) is 0 Å². The van der Waals surface area contributed by atoms with E-state index in [2.05, 4.69) is 5.32 Å². The van der Waals surface area contributed by atoms with Crippen molar-refractivity contribution in [3.05, 3.63) is 35.6 Å². The number of hydrogen-bond donors (Lipinski definition) is 1. The lowest BCUT2D eigenvalue weighted by molar-refractivity contribution is -0.187. The molecular formula is C25H36FN5O3S. The Kier molecular flexibility index (Phi) is 8.54. The number of rotatable bonds is 7. The topological polar surface area (TPSA) is 76.2 Å². The van der Waals surface area contributed by atoms with Gasteiger partial charge in [-0.3, -0.25) is 9.59 Å². The van der Waals surface area contributed by atoms with Gasteiger partial charge in [0.05, 0.1) is 13.1 Å². The number of hydrazine groups is 1. The molecule has 0 spiro atoms. The predicted octanol–water partition coefficient (Wildman–Crippen LogP) is 2.90. The van der Waals surface area contributed by atoms with Crippen LogP contribution in [0.25, 0.3) is 0 Å². The minimum Gasteiger partial charge on any atom is -0.337 e. The quantitative estimate of drug-likeness (QED) is 0.617. The first-order valence-electron chi connectivity index (χ1n) is 12.5. The molecule has 0 bridgehead atoms. The van der Waals surface area contributed by atoms with Crippen molar-refractivity contribution >= 4 is 29.6 Å². The highest BCUT2D eigenvalue weighted by atomic mass is 32.2. The number of carbonyl (C=O) groups excluding carboxylic acids is 3. The standard InChI is InChI=1S/C25H36FN5O3S/c1-28-17-23(32)30-21(12-13-35-2)24(33)29(15-19-6-4-3-5-7-19)16-22(30)31(28)25(34)27-14-18-8-10-20(26)11-9-18/h8-11,19,21-22H,3-7,12-17H2,1-2H3,(H,27,34)/t21-,22-/m0/s1. The molecule has 10 heteroatoms. The van der Waals surface area contributed by atoms with Gasteiger partial charge in [-0.2, -0.15) is 11.8 Å². The molecule has 2 saturated heterocycles. The molecule has 192 valence electrons. The fourth-order valence-corrected chi connectivity index (χ4v) is 5.98. The lowest BCUT2D eigenvalue weighted by Gasteiger charge is -2.54. The summed E-state index contributed by atoms with van der Waals surface area (Å²) >= 11 is 1.65. The number of fused-ring (bicyclic) bond motifs is 1. The van der Waals surface area contributed by atoms with Gasteiger partial charge in [0.1, 0.15) is 18.0 Å². The maximum Gasteiger partial charge on any atom is 0.334 e. The second-order valence-electron chi connectivity index (χ2n) is 9.77. The molecule has 1 aromatic rings. The maximum absolute atomic E-state index is 13.6. The normalized spacial score (nSPS) is 24.0. The molecule has 35 heavy (non-hydrogen) atoms. The Bertz CT molecular complexity index is 911. The zero-order chi connectivity index (χ0) is 24.9. The first-order valence-corrected chi connectivity index (χ1v) is 13.9. The molecule has 1 saturated carbocycles. The molecule has 3 fully saturated rings. The number of amides is 4. The van der Waals surface area contributed by atoms with E-state index >= 15 is 0 Å². The number of nitrogens with one attached hydrogen (secondary N) is 1. The van der Waals surface area contributed by atoms with Crippen LogP contribution in [-0.2, 0) is 16.1 Å². The molecule has 0 radical (unpaired) electrons. The van der Waals surface area contributed by atoms with E-state index in [-0.39, 0.29) is 36.8 Å². The molecule has 0 unspecified atom stereocenters. The highest BCUT2D eigenvalue weighted by Gasteiger charge is 2.50. The zero-order valence-corrected chi connectivity index (χ0v) is 21.4. The number of halogens is 1. The van der Waals surface area contributed by atoms with Crippen LogP contribution in [-0.4, -0.2) is 88.6 Å². The molecule has 4 amide bonds. The second-order valence-corrected chi connectivity index (χ2v) is 10.8. The van der Waals surface area contributed by atoms with Crippen LogP contribution in [0.15, 0.2) is 24.3 Å². The smallest absolute Gasteiger partial charge is 0.334 e. The predicted molar refractivity (Wildman–Crippen MR) is 134 cm³/mol. The van der Waals surface area contributed by atoms with Gasteiger partial charge in [-0.1, -0.05) is 31.4 Å². The van der Waals surface area contributed by atoms with Crippen LogP contribution in [0.5, 0.6) is 0 Å². The molecule has 2 heterocycles. The van der Waals surface area contributed by atoms with Crippen LogP contribution in [0.2, 0.25) is 0 Å². The van der Waals surface area contributed by atoms with Crippen molar-refractivity contribution in [3.8, 4) is 0 Å². The Morgan fingerprint density at radius 3 is 2.54 bits per heavy atom. The summed E-state index contributed by atoms with van der Waals surface area (Å²) in [7, 11) is 1.73. The number of urea groups is 1. The Hall–Kier alpha value is -2.33. The van der Waals surface area contributed by atoms with Gasteiger partial charge in [0.15, 0.2) is 0 Å². The fraction of sp³-hybridized carbons (Fsp3) is 0.640. The van der Waals surface area contributed by atoms with Crippen LogP contribution in [0.3, 0.4) is 0 Å². The number of hydrogen-bond acceptors (Lipinski definition) is 5. The van der Waals surface area contributed by atoms with Gasteiger partial charge in [0, 0.05) is 20.1 Å². The number of benzene rings is 1. The third-order valence-electron chi connectivity index (χ3n) is 7.30. The van der Waals surface area contributed by atoms with Crippen molar-refractivity contribution in [1.29, 1.82) is 0 Å². The second kappa shape index (κ2) is 11.6. The minimum absolute atomic E-state index is 0.00504. The highest BCUT2D eigenvalue weighted by Crippen LogP contribution is 2.31. The van der Waals surface area contributed by atoms with Crippen molar-refractivity contribution in [3.63, 3.8) is 0 Å². The monoisotopic (exact) mass is 505 g/mol. The molecule has 8 nitrogen and oxygen atoms in total. The summed E-state index contributed by atoms with van der Waals surface area (Å²) in [5.41, 5.74) is 0.780. The Morgan fingerprint density at radius 2 is 1.86 bits per heavy atom. The molecular weight excluding hydrogens is 469 g/mol. The lowest BCUT2D eigenvalue weighted by atomic mass is 9.88. The van der Waals surface area contributed by atoms with E-state index in [4.69, 9.17) is 0 Å². The summed E-state index contributed by atoms with van der Waals surface area (Å²) in [6, 6.07) is 5.10. The van der Waals surface area contributed by atoms with Crippen LogP contribution >= 0.6 is 11.8 Å². The van der Waals surface area contributed by atoms with Crippen LogP contribution in [0, 0.1) is 11.7 Å². The van der Waals surface area contributed by atoms with E-state index in [9.17, 15) is 18.8 Å². The van der Waals surface area contributed by atoms with E-state index in [0.29, 0.717) is 25.4 Å². The molecule has 2 atom stereocenters. The van der Waals surface area contributed by atoms with Gasteiger partial charge in [0.2, 0.25) is 11.8 Å². The van der Waals surface area contributed by atoms with E-state index in [1.165, 1.54) is 31.4 Å². The summed E-state index contributed by atoms with van der Waals surface area (Å²) < 4.78 is 13.2. The van der Waals surface area contributed by atoms with Crippen molar-refractivity contribution in [2.45, 2.75) is 57.3 Å². The number of piperazine rings is 1. The Balaban J connectivity index is 1.54. The molecule has 1 aliphatic carbocycles. The molecule has 1 aromatic carbocycles. The summed E-state index contributed by atoms with van der Waals surface area (Å²) in [6.45, 7) is 1.27. The molecule has 2 aliphatic heterocycles. The van der Waals surface area contributed by atoms with E-state index < -0.39 is 12.2 Å². The largest absolute Gasteiger partial charge is 0.337 e. The van der Waals surface area contributed by atoms with Gasteiger partial charge in [-0.05, 0) is 54.9 Å². The van der Waals surface area contributed by atoms with Crippen molar-refractivity contribution in [1.82, 2.24) is 25.1 Å². The molecule has 1 N–H and O–H groups in total. The third kappa shape index (κ3) is 5.91. The summed E-state index contributed by atoms with van der Waals surface area (Å²) in [5, 5.41) is 6.13. The van der Waals surface area contributed by atoms with Crippen molar-refractivity contribution in [2.24, 2.45) is 5.92 Å². The van der Waals surface area contributed by atoms with Crippen LogP contribution < -0.4 is 5.32 Å². The van der Waals surface area contributed by atoms with Gasteiger partial charge < -0.3 is 15.1 Å². The molecule has 0 aromatic heterocycles. The molecule has 3 aliphatic rings. The first kappa shape index (κ1) is 25.8. The minimum atomic E-state index is -0.557. The SMILES string of the molecule is CSCC[C@H]1C(=O)N(CC2CCCCC2)C[C@H]2N1C(=O)CN(C)N2C(=O)NCc1ccc(F)cc1. The summed E-state index contributed by atoms with van der Waals surface area (Å²) in [6.07, 6.45) is 7.88. The van der Waals surface area contributed by atoms with Crippen LogP contribution in [0.4, 0.5) is 9.18 Å². The average molecular weight is 506 g/mol. The average Bonchev–Trinajstić information content (AvgIpc) is 2.84. The fourth-order valence-electron chi connectivity index (χ4n) is 5.52. The van der Waals surface area contributed by atoms with E-state index in [1.807, 2.05) is 11.2 Å². The third-order valence-corrected chi connectivity index (χ3v) is 7.95. The number of nitrogens with zero attached hydrogens (tertiary/aromatic N) is 4. The van der Waals surface area contributed by atoms with Crippen molar-refractivity contribution < 1.29 is 18.8 Å². The Morgan fingerprint density at radius 1 is 1.14 bits per heavy atom. The summed E-state index contributed by atoms with van der Waals surface area (Å²) in [4.78, 5) is 43.6. The number of thioether (sulfide) groups is 1. The maximum atomic E-state index is 13.6. The lowest BCUT2D eigenvalue weighted by Crippen LogP contribution is -2.76. The van der Waals surface area contributed by atoms with Gasteiger partial charge in [-0.25, -0.2) is 19.2 Å². The van der Waals surface area contributed by atoms with Crippen LogP contribution in [0.1, 0.15) is 44.1 Å². The first-order chi connectivity index (χ1) is 16.9. The number of likely N-dealkylation sites (N-methyl/N-ethyl adjacent to an activating group) is 1. The Labute approximate surface area is 211 Å². The van der Waals surface area contributed by atoms with Crippen molar-refractivity contribution in [2.75, 3.05) is 38.7 Å². The molecule has 4 rings (SSSR count). The number of carbonyl (C=O) groups is 3. The van der Waals surface area contributed by atoms with Gasteiger partial charge in [-0.15, -0.1) is 0 Å². The highest BCUT2D eigenvalue weighted by molar-refractivity contribution is 7.98. The zero-order valence-electron chi connectivity index (χ0n) is 20.6.